The summed E-state index contributed by atoms with van der Waals surface area (Å²) in [5, 5.41) is 14.4. The monoisotopic (exact) mass is 291 g/mol. The van der Waals surface area contributed by atoms with Crippen LogP contribution in [0, 0.1) is 5.92 Å². The average molecular weight is 291 g/mol. The molecule has 1 aliphatic heterocycles. The van der Waals surface area contributed by atoms with Gasteiger partial charge in [0.2, 0.25) is 0 Å². The summed E-state index contributed by atoms with van der Waals surface area (Å²) in [5.74, 6) is 1.83. The molecule has 0 bridgehead atoms. The Bertz CT molecular complexity index is 464. The number of aliphatic hydroxyl groups is 1. The molecule has 2 aliphatic rings. The Kier molecular flexibility index (Phi) is 4.39. The van der Waals surface area contributed by atoms with Crippen molar-refractivity contribution in [1.82, 2.24) is 5.32 Å². The molecule has 2 N–H and O–H groups in total. The summed E-state index contributed by atoms with van der Waals surface area (Å²) < 4.78 is 0. The number of benzene rings is 1. The smallest absolute Gasteiger partial charge is 0.0774 e. The molecule has 3 rings (SSSR count). The van der Waals surface area contributed by atoms with Gasteiger partial charge in [-0.3, -0.25) is 0 Å². The molecule has 1 saturated carbocycles. The highest BCUT2D eigenvalue weighted by atomic mass is 32.2. The first-order valence-electron chi connectivity index (χ1n) is 7.84. The van der Waals surface area contributed by atoms with Crippen LogP contribution in [0.15, 0.2) is 29.2 Å². The maximum Gasteiger partial charge on any atom is 0.0774 e. The summed E-state index contributed by atoms with van der Waals surface area (Å²) in [6.45, 7) is 3.00. The van der Waals surface area contributed by atoms with E-state index in [4.69, 9.17) is 0 Å². The molecule has 3 heteroatoms. The van der Waals surface area contributed by atoms with Crippen LogP contribution in [0.3, 0.4) is 0 Å². The summed E-state index contributed by atoms with van der Waals surface area (Å²) in [4.78, 5) is 1.40. The zero-order chi connectivity index (χ0) is 14.0. The van der Waals surface area contributed by atoms with Crippen molar-refractivity contribution in [3.63, 3.8) is 0 Å². The fourth-order valence-corrected chi connectivity index (χ4v) is 4.79. The summed E-state index contributed by atoms with van der Waals surface area (Å²) in [6.07, 6.45) is 5.49. The Morgan fingerprint density at radius 1 is 1.35 bits per heavy atom. The van der Waals surface area contributed by atoms with Gasteiger partial charge in [-0.1, -0.05) is 38.0 Å². The van der Waals surface area contributed by atoms with E-state index in [1.165, 1.54) is 22.6 Å². The summed E-state index contributed by atoms with van der Waals surface area (Å²) >= 11 is 1.95. The third-order valence-electron chi connectivity index (χ3n) is 4.70. The lowest BCUT2D eigenvalue weighted by molar-refractivity contribution is -0.0139. The molecular weight excluding hydrogens is 266 g/mol. The Morgan fingerprint density at radius 3 is 3.05 bits per heavy atom. The molecule has 1 aromatic carbocycles. The highest BCUT2D eigenvalue weighted by molar-refractivity contribution is 7.99. The van der Waals surface area contributed by atoms with Crippen LogP contribution in [0.25, 0.3) is 0 Å². The summed E-state index contributed by atoms with van der Waals surface area (Å²) in [7, 11) is 0. The van der Waals surface area contributed by atoms with E-state index in [1.807, 2.05) is 11.8 Å². The van der Waals surface area contributed by atoms with Gasteiger partial charge in [-0.25, -0.2) is 0 Å². The molecule has 0 saturated heterocycles. The number of thioether (sulfide) groups is 1. The Morgan fingerprint density at radius 2 is 2.20 bits per heavy atom. The average Bonchev–Trinajstić information content (AvgIpc) is 2.45. The predicted molar refractivity (Wildman–Crippen MR) is 85.1 cm³/mol. The van der Waals surface area contributed by atoms with Crippen LogP contribution in [0.5, 0.6) is 0 Å². The SMILES string of the molecule is CC1CCCC(O)(CNC2CCSc3ccccc32)C1. The van der Waals surface area contributed by atoms with Gasteiger partial charge in [-0.05, 0) is 42.6 Å². The standard InChI is InChI=1S/C17H25NOS/c1-13-5-4-9-17(19,11-13)12-18-15-8-10-20-16-7-3-2-6-14(15)16/h2-3,6-7,13,15,18-19H,4-5,8-12H2,1H3. The minimum absolute atomic E-state index is 0.411. The van der Waals surface area contributed by atoms with Crippen molar-refractivity contribution >= 4 is 11.8 Å². The van der Waals surface area contributed by atoms with Gasteiger partial charge in [0.1, 0.15) is 0 Å². The summed E-state index contributed by atoms with van der Waals surface area (Å²) in [5.41, 5.74) is 0.924. The van der Waals surface area contributed by atoms with Crippen molar-refractivity contribution in [2.24, 2.45) is 5.92 Å². The van der Waals surface area contributed by atoms with E-state index in [2.05, 4.69) is 36.5 Å². The molecule has 2 nitrogen and oxygen atoms in total. The molecule has 3 atom stereocenters. The quantitative estimate of drug-likeness (QED) is 0.889. The van der Waals surface area contributed by atoms with Gasteiger partial charge in [0.15, 0.2) is 0 Å². The van der Waals surface area contributed by atoms with Crippen molar-refractivity contribution in [2.75, 3.05) is 12.3 Å². The second kappa shape index (κ2) is 6.08. The predicted octanol–water partition coefficient (Wildman–Crippen LogP) is 3.75. The minimum atomic E-state index is -0.489. The first kappa shape index (κ1) is 14.4. The fourth-order valence-electron chi connectivity index (χ4n) is 3.66. The van der Waals surface area contributed by atoms with Crippen LogP contribution in [0.4, 0.5) is 0 Å². The molecule has 0 amide bonds. The number of fused-ring (bicyclic) bond motifs is 1. The van der Waals surface area contributed by atoms with Gasteiger partial charge in [0, 0.05) is 17.5 Å². The second-order valence-corrected chi connectivity index (χ2v) is 7.67. The highest BCUT2D eigenvalue weighted by Crippen LogP contribution is 2.37. The largest absolute Gasteiger partial charge is 0.389 e. The van der Waals surface area contributed by atoms with Gasteiger partial charge in [-0.2, -0.15) is 0 Å². The zero-order valence-electron chi connectivity index (χ0n) is 12.3. The van der Waals surface area contributed by atoms with Gasteiger partial charge in [-0.15, -0.1) is 11.8 Å². The van der Waals surface area contributed by atoms with Crippen LogP contribution >= 0.6 is 11.8 Å². The van der Waals surface area contributed by atoms with Crippen LogP contribution in [-0.4, -0.2) is 23.0 Å². The van der Waals surface area contributed by atoms with Gasteiger partial charge >= 0.3 is 0 Å². The topological polar surface area (TPSA) is 32.3 Å². The number of nitrogens with one attached hydrogen (secondary N) is 1. The molecule has 3 unspecified atom stereocenters. The lowest BCUT2D eigenvalue weighted by atomic mass is 9.79. The molecule has 20 heavy (non-hydrogen) atoms. The number of hydrogen-bond donors (Lipinski definition) is 2. The maximum absolute atomic E-state index is 10.8. The van der Waals surface area contributed by atoms with E-state index in [0.29, 0.717) is 12.0 Å². The molecule has 1 fully saturated rings. The third-order valence-corrected chi connectivity index (χ3v) is 5.83. The first-order chi connectivity index (χ1) is 9.66. The van der Waals surface area contributed by atoms with Crippen LogP contribution in [0.1, 0.15) is 50.6 Å². The fraction of sp³-hybridized carbons (Fsp3) is 0.647. The van der Waals surface area contributed by atoms with Crippen molar-refractivity contribution < 1.29 is 5.11 Å². The normalized spacial score (nSPS) is 33.7. The zero-order valence-corrected chi connectivity index (χ0v) is 13.1. The first-order valence-corrected chi connectivity index (χ1v) is 8.82. The van der Waals surface area contributed by atoms with Gasteiger partial charge in [0.25, 0.3) is 0 Å². The van der Waals surface area contributed by atoms with E-state index in [-0.39, 0.29) is 0 Å². The van der Waals surface area contributed by atoms with Crippen molar-refractivity contribution in [1.29, 1.82) is 0 Å². The Labute approximate surface area is 126 Å². The second-order valence-electron chi connectivity index (χ2n) is 6.53. The summed E-state index contributed by atoms with van der Waals surface area (Å²) in [6, 6.07) is 9.09. The molecular formula is C17H25NOS. The third kappa shape index (κ3) is 3.21. The maximum atomic E-state index is 10.8. The van der Waals surface area contributed by atoms with Gasteiger partial charge in [0.05, 0.1) is 5.60 Å². The highest BCUT2D eigenvalue weighted by Gasteiger charge is 2.33. The van der Waals surface area contributed by atoms with Crippen LogP contribution in [-0.2, 0) is 0 Å². The van der Waals surface area contributed by atoms with Crippen molar-refractivity contribution in [3.05, 3.63) is 29.8 Å². The molecule has 1 aliphatic carbocycles. The van der Waals surface area contributed by atoms with Gasteiger partial charge < -0.3 is 10.4 Å². The molecule has 1 aromatic rings. The molecule has 0 aromatic heterocycles. The molecule has 1 heterocycles. The van der Waals surface area contributed by atoms with E-state index in [9.17, 15) is 5.11 Å². The number of rotatable bonds is 3. The lowest BCUT2D eigenvalue weighted by Gasteiger charge is -2.37. The van der Waals surface area contributed by atoms with Crippen LogP contribution in [0.2, 0.25) is 0 Å². The van der Waals surface area contributed by atoms with E-state index < -0.39 is 5.60 Å². The van der Waals surface area contributed by atoms with Crippen molar-refractivity contribution in [2.45, 2.75) is 55.6 Å². The molecule has 0 spiro atoms. The van der Waals surface area contributed by atoms with Crippen LogP contribution < -0.4 is 5.32 Å². The van der Waals surface area contributed by atoms with E-state index >= 15 is 0 Å². The van der Waals surface area contributed by atoms with E-state index in [0.717, 1.165) is 32.2 Å². The Balaban J connectivity index is 1.64. The molecule has 0 radical (unpaired) electrons. The van der Waals surface area contributed by atoms with Crippen molar-refractivity contribution in [3.8, 4) is 0 Å². The molecule has 110 valence electrons. The van der Waals surface area contributed by atoms with E-state index in [1.54, 1.807) is 0 Å². The Hall–Kier alpha value is -0.510. The minimum Gasteiger partial charge on any atom is -0.389 e. The number of hydrogen-bond acceptors (Lipinski definition) is 3. The lowest BCUT2D eigenvalue weighted by Crippen LogP contribution is -2.45.